The zero-order chi connectivity index (χ0) is 23.1. The molecule has 1 aromatic carbocycles. The highest BCUT2D eigenvalue weighted by Crippen LogP contribution is 2.22. The van der Waals surface area contributed by atoms with Crippen LogP contribution in [0.25, 0.3) is 0 Å². The summed E-state index contributed by atoms with van der Waals surface area (Å²) >= 11 is 0. The van der Waals surface area contributed by atoms with E-state index in [-0.39, 0.29) is 4.90 Å². The van der Waals surface area contributed by atoms with Crippen LogP contribution in [0.4, 0.5) is 0 Å². The molecule has 0 aliphatic carbocycles. The van der Waals surface area contributed by atoms with Gasteiger partial charge in [-0.3, -0.25) is 4.99 Å². The summed E-state index contributed by atoms with van der Waals surface area (Å²) in [5.74, 6) is 1.66. The SMILES string of the molecule is CCC(CC)c1cc(CNC(=NC)NCc2ccccc2S(=O)(=O)NC(C)(C)C)on1. The molecule has 172 valence electrons. The van der Waals surface area contributed by atoms with Gasteiger partial charge in [-0.15, -0.1) is 0 Å². The molecule has 8 nitrogen and oxygen atoms in total. The summed E-state index contributed by atoms with van der Waals surface area (Å²) in [7, 11) is -1.98. The van der Waals surface area contributed by atoms with E-state index in [0.29, 0.717) is 30.5 Å². The number of aliphatic imine (C=N–C) groups is 1. The molecule has 1 heterocycles. The van der Waals surface area contributed by atoms with Gasteiger partial charge in [0.1, 0.15) is 0 Å². The third-order valence-electron chi connectivity index (χ3n) is 4.78. The van der Waals surface area contributed by atoms with Crippen LogP contribution in [-0.2, 0) is 23.1 Å². The molecule has 0 radical (unpaired) electrons. The molecule has 0 aliphatic heterocycles. The summed E-state index contributed by atoms with van der Waals surface area (Å²) in [4.78, 5) is 4.46. The maximum atomic E-state index is 12.8. The molecule has 0 atom stereocenters. The van der Waals surface area contributed by atoms with Crippen molar-refractivity contribution in [2.75, 3.05) is 7.05 Å². The van der Waals surface area contributed by atoms with Gasteiger partial charge in [0.2, 0.25) is 10.0 Å². The lowest BCUT2D eigenvalue weighted by molar-refractivity contribution is 0.368. The molecule has 2 aromatic rings. The number of aromatic nitrogens is 1. The molecular weight excluding hydrogens is 414 g/mol. The fourth-order valence-electron chi connectivity index (χ4n) is 3.25. The zero-order valence-corrected chi connectivity index (χ0v) is 20.1. The summed E-state index contributed by atoms with van der Waals surface area (Å²) in [6.07, 6.45) is 2.04. The maximum absolute atomic E-state index is 12.8. The van der Waals surface area contributed by atoms with Gasteiger partial charge in [0.15, 0.2) is 11.7 Å². The normalized spacial score (nSPS) is 12.9. The summed E-state index contributed by atoms with van der Waals surface area (Å²) in [5.41, 5.74) is 1.05. The maximum Gasteiger partial charge on any atom is 0.241 e. The van der Waals surface area contributed by atoms with E-state index in [1.807, 2.05) is 32.9 Å². The predicted molar refractivity (Wildman–Crippen MR) is 123 cm³/mol. The van der Waals surface area contributed by atoms with E-state index >= 15 is 0 Å². The Balaban J connectivity index is 2.03. The van der Waals surface area contributed by atoms with Crippen molar-refractivity contribution in [3.63, 3.8) is 0 Å². The topological polar surface area (TPSA) is 109 Å². The first kappa shape index (κ1) is 24.9. The molecule has 0 aliphatic rings. The van der Waals surface area contributed by atoms with Crippen molar-refractivity contribution in [1.29, 1.82) is 0 Å². The first-order valence-corrected chi connectivity index (χ1v) is 12.1. The minimum Gasteiger partial charge on any atom is -0.359 e. The van der Waals surface area contributed by atoms with Gasteiger partial charge in [-0.05, 0) is 45.2 Å². The molecule has 0 amide bonds. The minimum absolute atomic E-state index is 0.248. The summed E-state index contributed by atoms with van der Waals surface area (Å²) in [5, 5.41) is 10.5. The first-order chi connectivity index (χ1) is 14.6. The lowest BCUT2D eigenvalue weighted by atomic mass is 9.99. The highest BCUT2D eigenvalue weighted by molar-refractivity contribution is 7.89. The van der Waals surface area contributed by atoms with Crippen molar-refractivity contribution >= 4 is 16.0 Å². The second-order valence-electron chi connectivity index (χ2n) is 8.47. The molecule has 3 N–H and O–H groups in total. The van der Waals surface area contributed by atoms with Crippen molar-refractivity contribution in [3.8, 4) is 0 Å². The number of rotatable bonds is 9. The van der Waals surface area contributed by atoms with Gasteiger partial charge in [0.25, 0.3) is 0 Å². The van der Waals surface area contributed by atoms with Gasteiger partial charge in [0.05, 0.1) is 17.1 Å². The molecule has 0 unspecified atom stereocenters. The Morgan fingerprint density at radius 3 is 2.39 bits per heavy atom. The fourth-order valence-corrected chi connectivity index (χ4v) is 4.91. The van der Waals surface area contributed by atoms with E-state index in [2.05, 4.69) is 39.4 Å². The van der Waals surface area contributed by atoms with Crippen molar-refractivity contribution in [3.05, 3.63) is 47.3 Å². The van der Waals surface area contributed by atoms with E-state index in [1.165, 1.54) is 0 Å². The number of hydrogen-bond donors (Lipinski definition) is 3. The molecule has 0 spiro atoms. The van der Waals surface area contributed by atoms with Crippen LogP contribution in [-0.4, -0.2) is 32.1 Å². The summed E-state index contributed by atoms with van der Waals surface area (Å²) in [6, 6.07) is 8.90. The quantitative estimate of drug-likeness (QED) is 0.399. The van der Waals surface area contributed by atoms with Crippen LogP contribution < -0.4 is 15.4 Å². The van der Waals surface area contributed by atoms with Gasteiger partial charge in [0, 0.05) is 31.1 Å². The molecular formula is C22H35N5O3S. The minimum atomic E-state index is -3.64. The largest absolute Gasteiger partial charge is 0.359 e. The molecule has 0 saturated carbocycles. The standard InChI is InChI=1S/C22H35N5O3S/c1-7-16(8-2)19-13-18(30-26-19)15-25-21(23-6)24-14-17-11-9-10-12-20(17)31(28,29)27-22(3,4)5/h9-13,16,27H,7-8,14-15H2,1-6H3,(H2,23,24,25). The molecule has 31 heavy (non-hydrogen) atoms. The van der Waals surface area contributed by atoms with Crippen molar-refractivity contribution < 1.29 is 12.9 Å². The highest BCUT2D eigenvalue weighted by Gasteiger charge is 2.24. The first-order valence-electron chi connectivity index (χ1n) is 10.6. The van der Waals surface area contributed by atoms with E-state index in [4.69, 9.17) is 4.52 Å². The van der Waals surface area contributed by atoms with Gasteiger partial charge >= 0.3 is 0 Å². The Morgan fingerprint density at radius 2 is 1.77 bits per heavy atom. The number of benzene rings is 1. The van der Waals surface area contributed by atoms with Gasteiger partial charge in [-0.25, -0.2) is 13.1 Å². The lowest BCUT2D eigenvalue weighted by Gasteiger charge is -2.22. The van der Waals surface area contributed by atoms with Crippen LogP contribution in [0, 0.1) is 0 Å². The van der Waals surface area contributed by atoms with Gasteiger partial charge in [-0.1, -0.05) is 37.2 Å². The Morgan fingerprint density at radius 1 is 1.13 bits per heavy atom. The molecule has 0 saturated heterocycles. The van der Waals surface area contributed by atoms with Crippen LogP contribution in [0.3, 0.4) is 0 Å². The van der Waals surface area contributed by atoms with Crippen molar-refractivity contribution in [2.45, 2.75) is 76.9 Å². The number of guanidine groups is 1. The second-order valence-corrected chi connectivity index (χ2v) is 10.1. The van der Waals surface area contributed by atoms with Crippen LogP contribution in [0.15, 0.2) is 44.7 Å². The highest BCUT2D eigenvalue weighted by atomic mass is 32.2. The monoisotopic (exact) mass is 449 g/mol. The van der Waals surface area contributed by atoms with E-state index in [9.17, 15) is 8.42 Å². The second kappa shape index (κ2) is 10.8. The smallest absolute Gasteiger partial charge is 0.241 e. The van der Waals surface area contributed by atoms with Crippen molar-refractivity contribution in [2.24, 2.45) is 4.99 Å². The molecule has 9 heteroatoms. The Hall–Kier alpha value is -2.39. The number of nitrogens with one attached hydrogen (secondary N) is 3. The summed E-state index contributed by atoms with van der Waals surface area (Å²) < 4.78 is 33.7. The molecule has 1 aromatic heterocycles. The predicted octanol–water partition coefficient (Wildman–Crippen LogP) is 3.52. The molecule has 0 bridgehead atoms. The average molecular weight is 450 g/mol. The zero-order valence-electron chi connectivity index (χ0n) is 19.3. The number of hydrogen-bond acceptors (Lipinski definition) is 5. The number of nitrogens with zero attached hydrogens (tertiary/aromatic N) is 2. The van der Waals surface area contributed by atoms with Crippen LogP contribution in [0.2, 0.25) is 0 Å². The Bertz CT molecular complexity index is 973. The van der Waals surface area contributed by atoms with Crippen molar-refractivity contribution in [1.82, 2.24) is 20.5 Å². The van der Waals surface area contributed by atoms with Crippen LogP contribution in [0.1, 0.15) is 70.4 Å². The third kappa shape index (κ3) is 7.36. The van der Waals surface area contributed by atoms with Gasteiger partial charge < -0.3 is 15.2 Å². The number of sulfonamides is 1. The van der Waals surface area contributed by atoms with Gasteiger partial charge in [-0.2, -0.15) is 0 Å². The fraction of sp³-hybridized carbons (Fsp3) is 0.545. The van der Waals surface area contributed by atoms with E-state index in [0.717, 1.165) is 24.3 Å². The summed E-state index contributed by atoms with van der Waals surface area (Å²) in [6.45, 7) is 10.5. The lowest BCUT2D eigenvalue weighted by Crippen LogP contribution is -2.41. The van der Waals surface area contributed by atoms with Crippen LogP contribution in [0.5, 0.6) is 0 Å². The average Bonchev–Trinajstić information content (AvgIpc) is 3.16. The van der Waals surface area contributed by atoms with E-state index < -0.39 is 15.6 Å². The van der Waals surface area contributed by atoms with E-state index in [1.54, 1.807) is 25.2 Å². The third-order valence-corrected chi connectivity index (χ3v) is 6.64. The molecule has 0 fully saturated rings. The Labute approximate surface area is 186 Å². The Kier molecular flexibility index (Phi) is 8.64. The van der Waals surface area contributed by atoms with Crippen LogP contribution >= 0.6 is 0 Å². The molecule has 2 rings (SSSR count).